The van der Waals surface area contributed by atoms with Crippen molar-refractivity contribution in [1.82, 2.24) is 9.21 Å². The van der Waals surface area contributed by atoms with E-state index in [-0.39, 0.29) is 42.3 Å². The van der Waals surface area contributed by atoms with Crippen LogP contribution in [0.25, 0.3) is 5.76 Å². The van der Waals surface area contributed by atoms with Gasteiger partial charge in [-0.2, -0.15) is 4.31 Å². The number of amides is 1. The Labute approximate surface area is 202 Å². The molecule has 35 heavy (non-hydrogen) atoms. The summed E-state index contributed by atoms with van der Waals surface area (Å²) >= 11 is 0. The monoisotopic (exact) mass is 504 g/mol. The summed E-state index contributed by atoms with van der Waals surface area (Å²) in [4.78, 5) is 27.0. The van der Waals surface area contributed by atoms with Gasteiger partial charge >= 0.3 is 0 Å². The maximum Gasteiger partial charge on any atom is 0.295 e. The lowest BCUT2D eigenvalue weighted by Gasteiger charge is -2.26. The van der Waals surface area contributed by atoms with Crippen LogP contribution in [0.4, 0.5) is 4.39 Å². The molecule has 0 aliphatic carbocycles. The van der Waals surface area contributed by atoms with Crippen molar-refractivity contribution in [3.05, 3.63) is 71.0 Å². The number of carbonyl (C=O) groups is 2. The average molecular weight is 505 g/mol. The number of rotatable bonds is 7. The summed E-state index contributed by atoms with van der Waals surface area (Å²) in [6.07, 6.45) is 0. The van der Waals surface area contributed by atoms with Gasteiger partial charge in [-0.15, -0.1) is 0 Å². The number of likely N-dealkylation sites (tertiary alicyclic amines) is 1. The molecule has 11 heteroatoms. The molecule has 0 radical (unpaired) electrons. The fraction of sp³-hybridized carbons (Fsp3) is 0.333. The minimum atomic E-state index is -3.74. The first kappa shape index (κ1) is 25.0. The Bertz CT molecular complexity index is 1240. The van der Waals surface area contributed by atoms with Crippen molar-refractivity contribution < 1.29 is 37.0 Å². The number of halogens is 1. The first-order valence-corrected chi connectivity index (χ1v) is 12.4. The van der Waals surface area contributed by atoms with E-state index in [0.29, 0.717) is 18.8 Å². The van der Waals surface area contributed by atoms with Crippen LogP contribution in [-0.4, -0.2) is 81.0 Å². The summed E-state index contributed by atoms with van der Waals surface area (Å²) in [5.74, 6) is -2.64. The molecule has 2 aliphatic rings. The zero-order valence-corrected chi connectivity index (χ0v) is 19.8. The molecule has 1 atom stereocenters. The lowest BCUT2D eigenvalue weighted by atomic mass is 9.95. The molecule has 1 N–H and O–H groups in total. The SMILES string of the molecule is COCCN1C(=O)C(=O)C(=C(O)c2ccc(S(=O)(=O)N3CCOCC3)cc2)[C@@H]1c1ccc(F)cc1. The quantitative estimate of drug-likeness (QED) is 0.348. The topological polar surface area (TPSA) is 113 Å². The van der Waals surface area contributed by atoms with Crippen LogP contribution < -0.4 is 0 Å². The van der Waals surface area contributed by atoms with Gasteiger partial charge in [0.05, 0.1) is 36.3 Å². The van der Waals surface area contributed by atoms with Crippen molar-refractivity contribution >= 4 is 27.5 Å². The van der Waals surface area contributed by atoms with Crippen LogP contribution in [0.15, 0.2) is 59.0 Å². The Balaban J connectivity index is 1.73. The highest BCUT2D eigenvalue weighted by molar-refractivity contribution is 7.89. The third kappa shape index (κ3) is 4.85. The van der Waals surface area contributed by atoms with E-state index in [1.807, 2.05) is 0 Å². The Morgan fingerprint density at radius 3 is 2.31 bits per heavy atom. The van der Waals surface area contributed by atoms with Gasteiger partial charge in [-0.25, -0.2) is 12.8 Å². The van der Waals surface area contributed by atoms with Crippen LogP contribution in [-0.2, 0) is 29.1 Å². The molecule has 2 aromatic carbocycles. The third-order valence-corrected chi connectivity index (χ3v) is 7.91. The Morgan fingerprint density at radius 1 is 1.09 bits per heavy atom. The van der Waals surface area contributed by atoms with Crippen molar-refractivity contribution in [2.45, 2.75) is 10.9 Å². The van der Waals surface area contributed by atoms with E-state index in [1.165, 1.54) is 64.8 Å². The summed E-state index contributed by atoms with van der Waals surface area (Å²) in [7, 11) is -2.29. The van der Waals surface area contributed by atoms with Crippen LogP contribution in [0.5, 0.6) is 0 Å². The van der Waals surface area contributed by atoms with Crippen LogP contribution in [0, 0.1) is 5.82 Å². The van der Waals surface area contributed by atoms with Gasteiger partial charge in [0.1, 0.15) is 11.6 Å². The Morgan fingerprint density at radius 2 is 1.71 bits per heavy atom. The van der Waals surface area contributed by atoms with Crippen LogP contribution >= 0.6 is 0 Å². The van der Waals surface area contributed by atoms with E-state index < -0.39 is 39.3 Å². The van der Waals surface area contributed by atoms with Gasteiger partial charge in [0.2, 0.25) is 10.0 Å². The third-order valence-electron chi connectivity index (χ3n) is 6.00. The normalized spacial score (nSPS) is 21.0. The second kappa shape index (κ2) is 10.2. The summed E-state index contributed by atoms with van der Waals surface area (Å²) in [6, 6.07) is 9.78. The molecule has 0 spiro atoms. The number of nitrogens with zero attached hydrogens (tertiary/aromatic N) is 2. The number of carbonyl (C=O) groups excluding carboxylic acids is 2. The Kier molecular flexibility index (Phi) is 7.31. The van der Waals surface area contributed by atoms with Gasteiger partial charge in [0, 0.05) is 32.3 Å². The molecular formula is C24H25FN2O7S. The van der Waals surface area contributed by atoms with E-state index >= 15 is 0 Å². The second-order valence-electron chi connectivity index (χ2n) is 8.08. The number of aliphatic hydroxyl groups excluding tert-OH is 1. The fourth-order valence-corrected chi connectivity index (χ4v) is 5.58. The van der Waals surface area contributed by atoms with E-state index in [1.54, 1.807) is 0 Å². The zero-order chi connectivity index (χ0) is 25.2. The zero-order valence-electron chi connectivity index (χ0n) is 19.0. The predicted molar refractivity (Wildman–Crippen MR) is 123 cm³/mol. The molecule has 0 bridgehead atoms. The van der Waals surface area contributed by atoms with Crippen molar-refractivity contribution in [3.63, 3.8) is 0 Å². The number of Topliss-reactive ketones (excluding diaryl/α,β-unsaturated/α-hetero) is 1. The summed E-state index contributed by atoms with van der Waals surface area (Å²) in [5.41, 5.74) is 0.444. The van der Waals surface area contributed by atoms with Crippen molar-refractivity contribution in [3.8, 4) is 0 Å². The van der Waals surface area contributed by atoms with Crippen LogP contribution in [0.1, 0.15) is 17.2 Å². The van der Waals surface area contributed by atoms with Gasteiger partial charge < -0.3 is 19.5 Å². The van der Waals surface area contributed by atoms with E-state index in [2.05, 4.69) is 0 Å². The smallest absolute Gasteiger partial charge is 0.295 e. The summed E-state index contributed by atoms with van der Waals surface area (Å²) in [5, 5.41) is 11.1. The lowest BCUT2D eigenvalue weighted by molar-refractivity contribution is -0.140. The molecule has 2 aliphatic heterocycles. The highest BCUT2D eigenvalue weighted by Crippen LogP contribution is 2.39. The van der Waals surface area contributed by atoms with Crippen molar-refractivity contribution in [2.75, 3.05) is 46.6 Å². The molecule has 2 heterocycles. The minimum Gasteiger partial charge on any atom is -0.507 e. The minimum absolute atomic E-state index is 0.0339. The summed E-state index contributed by atoms with van der Waals surface area (Å²) < 4.78 is 50.9. The van der Waals surface area contributed by atoms with Gasteiger partial charge in [0.15, 0.2) is 0 Å². The second-order valence-corrected chi connectivity index (χ2v) is 10.0. The highest BCUT2D eigenvalue weighted by Gasteiger charge is 2.45. The molecule has 2 fully saturated rings. The molecule has 1 amide bonds. The molecule has 4 rings (SSSR count). The first-order chi connectivity index (χ1) is 16.8. The van der Waals surface area contributed by atoms with E-state index in [9.17, 15) is 27.5 Å². The number of ether oxygens (including phenoxy) is 2. The maximum absolute atomic E-state index is 13.5. The van der Waals surface area contributed by atoms with E-state index in [0.717, 1.165) is 0 Å². The van der Waals surface area contributed by atoms with Crippen molar-refractivity contribution in [1.29, 1.82) is 0 Å². The lowest BCUT2D eigenvalue weighted by Crippen LogP contribution is -2.40. The van der Waals surface area contributed by atoms with Gasteiger partial charge in [0.25, 0.3) is 11.7 Å². The number of methoxy groups -OCH3 is 1. The average Bonchev–Trinajstić information content (AvgIpc) is 3.13. The maximum atomic E-state index is 13.5. The number of hydrogen-bond acceptors (Lipinski definition) is 7. The van der Waals surface area contributed by atoms with Gasteiger partial charge in [-0.3, -0.25) is 9.59 Å². The number of ketones is 1. The van der Waals surface area contributed by atoms with Gasteiger partial charge in [-0.05, 0) is 42.0 Å². The fourth-order valence-electron chi connectivity index (χ4n) is 4.17. The molecule has 0 aromatic heterocycles. The predicted octanol–water partition coefficient (Wildman–Crippen LogP) is 1.91. The number of morpholine rings is 1. The molecular weight excluding hydrogens is 479 g/mol. The van der Waals surface area contributed by atoms with Crippen LogP contribution in [0.2, 0.25) is 0 Å². The molecule has 186 valence electrons. The van der Waals surface area contributed by atoms with E-state index in [4.69, 9.17) is 9.47 Å². The molecule has 9 nitrogen and oxygen atoms in total. The first-order valence-electron chi connectivity index (χ1n) is 11.0. The van der Waals surface area contributed by atoms with Crippen molar-refractivity contribution in [2.24, 2.45) is 0 Å². The number of aliphatic hydroxyl groups is 1. The largest absolute Gasteiger partial charge is 0.507 e. The van der Waals surface area contributed by atoms with Crippen LogP contribution in [0.3, 0.4) is 0 Å². The molecule has 2 saturated heterocycles. The highest BCUT2D eigenvalue weighted by atomic mass is 32.2. The summed E-state index contributed by atoms with van der Waals surface area (Å²) in [6.45, 7) is 1.34. The number of sulfonamides is 1. The molecule has 2 aromatic rings. The number of hydrogen-bond donors (Lipinski definition) is 1. The number of benzene rings is 2. The molecule has 0 unspecified atom stereocenters. The van der Waals surface area contributed by atoms with Gasteiger partial charge in [-0.1, -0.05) is 12.1 Å². The standard InChI is InChI=1S/C24H25FN2O7S/c1-33-13-12-27-21(16-2-6-18(25)7-3-16)20(23(29)24(27)30)22(28)17-4-8-19(9-5-17)35(31,32)26-10-14-34-15-11-26/h2-9,21,28H,10-15H2,1H3/t21-/m0/s1. The Hall–Kier alpha value is -3.12. The molecule has 0 saturated carbocycles.